The lowest BCUT2D eigenvalue weighted by Crippen LogP contribution is -2.30. The third-order valence-electron chi connectivity index (χ3n) is 2.95. The van der Waals surface area contributed by atoms with Crippen LogP contribution in [0.25, 0.3) is 0 Å². The molecule has 92 valence electrons. The predicted molar refractivity (Wildman–Crippen MR) is 64.2 cm³/mol. The SMILES string of the molecule is COC(=O)c1cc(C)ccc1OCC1(N)CC1. The van der Waals surface area contributed by atoms with E-state index < -0.39 is 0 Å². The van der Waals surface area contributed by atoms with Gasteiger partial charge in [-0.3, -0.25) is 0 Å². The molecule has 2 rings (SSSR count). The molecular formula is C13H17NO3. The molecule has 0 heterocycles. The number of methoxy groups -OCH3 is 1. The number of esters is 1. The number of carbonyl (C=O) groups is 1. The Morgan fingerprint density at radius 3 is 2.76 bits per heavy atom. The van der Waals surface area contributed by atoms with Gasteiger partial charge in [-0.15, -0.1) is 0 Å². The molecule has 0 spiro atoms. The van der Waals surface area contributed by atoms with E-state index in [1.807, 2.05) is 13.0 Å². The fourth-order valence-corrected chi connectivity index (χ4v) is 1.57. The molecule has 1 aromatic carbocycles. The zero-order valence-electron chi connectivity index (χ0n) is 10.2. The molecule has 0 atom stereocenters. The van der Waals surface area contributed by atoms with E-state index in [0.29, 0.717) is 17.9 Å². The van der Waals surface area contributed by atoms with Crippen molar-refractivity contribution in [3.8, 4) is 5.75 Å². The zero-order chi connectivity index (χ0) is 12.5. The summed E-state index contributed by atoms with van der Waals surface area (Å²) in [6.45, 7) is 2.36. The van der Waals surface area contributed by atoms with Crippen LogP contribution in [0.3, 0.4) is 0 Å². The highest BCUT2D eigenvalue weighted by molar-refractivity contribution is 5.92. The van der Waals surface area contributed by atoms with E-state index in [4.69, 9.17) is 15.2 Å². The summed E-state index contributed by atoms with van der Waals surface area (Å²) in [5.74, 6) is 0.157. The van der Waals surface area contributed by atoms with Gasteiger partial charge in [0.05, 0.1) is 12.6 Å². The summed E-state index contributed by atoms with van der Waals surface area (Å²) in [7, 11) is 1.36. The Morgan fingerprint density at radius 1 is 1.47 bits per heavy atom. The van der Waals surface area contributed by atoms with Crippen molar-refractivity contribution in [3.63, 3.8) is 0 Å². The number of rotatable bonds is 4. The van der Waals surface area contributed by atoms with E-state index in [-0.39, 0.29) is 11.5 Å². The second kappa shape index (κ2) is 4.37. The average Bonchev–Trinajstić information content (AvgIpc) is 3.05. The summed E-state index contributed by atoms with van der Waals surface area (Å²) in [4.78, 5) is 11.6. The average molecular weight is 235 g/mol. The molecular weight excluding hydrogens is 218 g/mol. The number of aryl methyl sites for hydroxylation is 1. The molecule has 0 radical (unpaired) electrons. The van der Waals surface area contributed by atoms with E-state index in [9.17, 15) is 4.79 Å². The number of ether oxygens (including phenoxy) is 2. The summed E-state index contributed by atoms with van der Waals surface area (Å²) in [5, 5.41) is 0. The Balaban J connectivity index is 2.16. The quantitative estimate of drug-likeness (QED) is 0.806. The van der Waals surface area contributed by atoms with Crippen LogP contribution in [0.5, 0.6) is 5.75 Å². The molecule has 0 saturated heterocycles. The molecule has 17 heavy (non-hydrogen) atoms. The van der Waals surface area contributed by atoms with Crippen LogP contribution >= 0.6 is 0 Å². The molecule has 0 amide bonds. The van der Waals surface area contributed by atoms with Gasteiger partial charge in [0.25, 0.3) is 0 Å². The summed E-state index contributed by atoms with van der Waals surface area (Å²) < 4.78 is 10.3. The first-order valence-electron chi connectivity index (χ1n) is 5.65. The minimum atomic E-state index is -0.384. The lowest BCUT2D eigenvalue weighted by Gasteiger charge is -2.14. The Kier molecular flexibility index (Phi) is 3.07. The molecule has 1 aromatic rings. The normalized spacial score (nSPS) is 16.4. The summed E-state index contributed by atoms with van der Waals surface area (Å²) >= 11 is 0. The standard InChI is InChI=1S/C13H17NO3/c1-9-3-4-11(10(7-9)12(15)16-2)17-8-13(14)5-6-13/h3-4,7H,5-6,8,14H2,1-2H3. The lowest BCUT2D eigenvalue weighted by atomic mass is 10.1. The van der Waals surface area contributed by atoms with Crippen LogP contribution in [0.1, 0.15) is 28.8 Å². The Bertz CT molecular complexity index is 438. The van der Waals surface area contributed by atoms with Gasteiger partial charge < -0.3 is 15.2 Å². The molecule has 1 fully saturated rings. The molecule has 1 saturated carbocycles. The molecule has 0 aliphatic heterocycles. The van der Waals surface area contributed by atoms with E-state index >= 15 is 0 Å². The number of carbonyl (C=O) groups excluding carboxylic acids is 1. The number of nitrogens with two attached hydrogens (primary N) is 1. The first-order valence-corrected chi connectivity index (χ1v) is 5.65. The monoisotopic (exact) mass is 235 g/mol. The Morgan fingerprint density at radius 2 is 2.18 bits per heavy atom. The van der Waals surface area contributed by atoms with Crippen molar-refractivity contribution in [2.75, 3.05) is 13.7 Å². The van der Waals surface area contributed by atoms with Gasteiger partial charge in [0.15, 0.2) is 0 Å². The Labute approximate surface area is 101 Å². The van der Waals surface area contributed by atoms with Gasteiger partial charge in [-0.25, -0.2) is 4.79 Å². The van der Waals surface area contributed by atoms with Crippen LogP contribution < -0.4 is 10.5 Å². The highest BCUT2D eigenvalue weighted by Gasteiger charge is 2.39. The number of hydrogen-bond acceptors (Lipinski definition) is 4. The maximum atomic E-state index is 11.6. The maximum absolute atomic E-state index is 11.6. The predicted octanol–water partition coefficient (Wildman–Crippen LogP) is 1.65. The minimum Gasteiger partial charge on any atom is -0.491 e. The second-order valence-corrected chi connectivity index (χ2v) is 4.64. The molecule has 0 unspecified atom stereocenters. The van der Waals surface area contributed by atoms with Crippen molar-refractivity contribution < 1.29 is 14.3 Å². The molecule has 1 aliphatic rings. The van der Waals surface area contributed by atoms with Crippen LogP contribution in [0.2, 0.25) is 0 Å². The molecule has 1 aliphatic carbocycles. The lowest BCUT2D eigenvalue weighted by molar-refractivity contribution is 0.0595. The topological polar surface area (TPSA) is 61.5 Å². The van der Waals surface area contributed by atoms with Gasteiger partial charge >= 0.3 is 5.97 Å². The van der Waals surface area contributed by atoms with E-state index in [0.717, 1.165) is 18.4 Å². The highest BCUT2D eigenvalue weighted by atomic mass is 16.5. The van der Waals surface area contributed by atoms with Gasteiger partial charge in [0.1, 0.15) is 17.9 Å². The fourth-order valence-electron chi connectivity index (χ4n) is 1.57. The number of hydrogen-bond donors (Lipinski definition) is 1. The highest BCUT2D eigenvalue weighted by Crippen LogP contribution is 2.33. The van der Waals surface area contributed by atoms with Crippen molar-refractivity contribution in [1.82, 2.24) is 0 Å². The molecule has 4 nitrogen and oxygen atoms in total. The first-order chi connectivity index (χ1) is 8.04. The summed E-state index contributed by atoms with van der Waals surface area (Å²) in [6.07, 6.45) is 1.96. The minimum absolute atomic E-state index is 0.196. The van der Waals surface area contributed by atoms with Gasteiger partial charge in [-0.1, -0.05) is 11.6 Å². The van der Waals surface area contributed by atoms with Crippen LogP contribution in [0, 0.1) is 6.92 Å². The van der Waals surface area contributed by atoms with E-state index in [1.165, 1.54) is 7.11 Å². The van der Waals surface area contributed by atoms with Gasteiger partial charge in [-0.2, -0.15) is 0 Å². The zero-order valence-corrected chi connectivity index (χ0v) is 10.2. The third-order valence-corrected chi connectivity index (χ3v) is 2.95. The number of benzene rings is 1. The molecule has 0 aromatic heterocycles. The fraction of sp³-hybridized carbons (Fsp3) is 0.462. The molecule has 0 bridgehead atoms. The van der Waals surface area contributed by atoms with Crippen molar-refractivity contribution in [3.05, 3.63) is 29.3 Å². The summed E-state index contributed by atoms with van der Waals surface area (Å²) in [6, 6.07) is 5.45. The van der Waals surface area contributed by atoms with Crippen LogP contribution in [-0.4, -0.2) is 25.2 Å². The third kappa shape index (κ3) is 2.77. The van der Waals surface area contributed by atoms with Crippen LogP contribution in [0.15, 0.2) is 18.2 Å². The van der Waals surface area contributed by atoms with Gasteiger partial charge in [0, 0.05) is 0 Å². The van der Waals surface area contributed by atoms with Crippen molar-refractivity contribution >= 4 is 5.97 Å². The van der Waals surface area contributed by atoms with Crippen LogP contribution in [-0.2, 0) is 4.74 Å². The first kappa shape index (κ1) is 11.9. The second-order valence-electron chi connectivity index (χ2n) is 4.64. The smallest absolute Gasteiger partial charge is 0.341 e. The molecule has 4 heteroatoms. The van der Waals surface area contributed by atoms with E-state index in [1.54, 1.807) is 12.1 Å². The largest absolute Gasteiger partial charge is 0.491 e. The van der Waals surface area contributed by atoms with Crippen molar-refractivity contribution in [1.29, 1.82) is 0 Å². The van der Waals surface area contributed by atoms with E-state index in [2.05, 4.69) is 0 Å². The summed E-state index contributed by atoms with van der Waals surface area (Å²) in [5.41, 5.74) is 7.19. The van der Waals surface area contributed by atoms with Gasteiger partial charge in [0.2, 0.25) is 0 Å². The van der Waals surface area contributed by atoms with Crippen molar-refractivity contribution in [2.24, 2.45) is 5.73 Å². The van der Waals surface area contributed by atoms with Crippen LogP contribution in [0.4, 0.5) is 0 Å². The Hall–Kier alpha value is -1.55. The van der Waals surface area contributed by atoms with Gasteiger partial charge in [-0.05, 0) is 31.9 Å². The molecule has 2 N–H and O–H groups in total. The maximum Gasteiger partial charge on any atom is 0.341 e. The van der Waals surface area contributed by atoms with Crippen molar-refractivity contribution in [2.45, 2.75) is 25.3 Å².